The molecule has 1 heterocycles. The molecule has 0 aromatic heterocycles. The summed E-state index contributed by atoms with van der Waals surface area (Å²) in [4.78, 5) is 13.9. The highest BCUT2D eigenvalue weighted by Gasteiger charge is 2.40. The average Bonchev–Trinajstić information content (AvgIpc) is 2.26. The molecular weight excluding hydrogens is 256 g/mol. The van der Waals surface area contributed by atoms with Crippen LogP contribution in [0.3, 0.4) is 0 Å². The number of nitrogens with one attached hydrogen (secondary N) is 1. The lowest BCUT2D eigenvalue weighted by atomic mass is 9.80. The zero-order chi connectivity index (χ0) is 15.4. The van der Waals surface area contributed by atoms with Gasteiger partial charge in [0.1, 0.15) is 6.23 Å². The van der Waals surface area contributed by atoms with Crippen LogP contribution in [-0.2, 0) is 4.74 Å². The van der Waals surface area contributed by atoms with Gasteiger partial charge in [0, 0.05) is 18.1 Å². The molecule has 0 bridgehead atoms. The quantitative estimate of drug-likeness (QED) is 0.832. The second kappa shape index (κ2) is 7.27. The van der Waals surface area contributed by atoms with Crippen molar-refractivity contribution in [3.8, 4) is 0 Å². The molecule has 5 nitrogen and oxygen atoms in total. The van der Waals surface area contributed by atoms with Gasteiger partial charge in [0.15, 0.2) is 0 Å². The number of hydrogen-bond acceptors (Lipinski definition) is 4. The van der Waals surface area contributed by atoms with Crippen LogP contribution in [0.15, 0.2) is 0 Å². The number of carbonyl (C=O) groups excluding carboxylic acids is 1. The van der Waals surface area contributed by atoms with Crippen molar-refractivity contribution in [1.82, 2.24) is 10.2 Å². The van der Waals surface area contributed by atoms with Gasteiger partial charge in [0.2, 0.25) is 0 Å². The minimum absolute atomic E-state index is 0.103. The number of likely N-dealkylation sites (tertiary alicyclic amines) is 1. The van der Waals surface area contributed by atoms with Crippen molar-refractivity contribution < 1.29 is 14.6 Å². The van der Waals surface area contributed by atoms with Crippen molar-refractivity contribution in [1.29, 1.82) is 0 Å². The lowest BCUT2D eigenvalue weighted by Gasteiger charge is -2.49. The van der Waals surface area contributed by atoms with Crippen molar-refractivity contribution in [3.05, 3.63) is 0 Å². The molecule has 0 spiro atoms. The number of aliphatic hydroxyl groups is 1. The first-order chi connectivity index (χ1) is 9.27. The van der Waals surface area contributed by atoms with Crippen LogP contribution in [0.5, 0.6) is 0 Å². The molecule has 3 unspecified atom stereocenters. The van der Waals surface area contributed by atoms with Crippen LogP contribution >= 0.6 is 0 Å². The molecule has 5 atom stereocenters. The monoisotopic (exact) mass is 286 g/mol. The molecule has 1 aliphatic heterocycles. The van der Waals surface area contributed by atoms with Crippen LogP contribution in [-0.4, -0.2) is 46.6 Å². The first-order valence-electron chi connectivity index (χ1n) is 7.70. The van der Waals surface area contributed by atoms with E-state index in [0.717, 1.165) is 12.8 Å². The van der Waals surface area contributed by atoms with Crippen molar-refractivity contribution >= 4 is 6.09 Å². The van der Waals surface area contributed by atoms with E-state index in [1.54, 1.807) is 6.92 Å². The molecule has 20 heavy (non-hydrogen) atoms. The minimum Gasteiger partial charge on any atom is -0.447 e. The van der Waals surface area contributed by atoms with Gasteiger partial charge < -0.3 is 15.2 Å². The summed E-state index contributed by atoms with van der Waals surface area (Å²) in [6.07, 6.45) is 0.887. The zero-order valence-electron chi connectivity index (χ0n) is 13.6. The van der Waals surface area contributed by atoms with Crippen LogP contribution < -0.4 is 5.32 Å². The van der Waals surface area contributed by atoms with Gasteiger partial charge in [-0.05, 0) is 53.4 Å². The van der Waals surface area contributed by atoms with E-state index in [1.165, 1.54) is 0 Å². The summed E-state index contributed by atoms with van der Waals surface area (Å²) in [5, 5.41) is 12.9. The van der Waals surface area contributed by atoms with Gasteiger partial charge in [0.25, 0.3) is 0 Å². The molecular formula is C15H30N2O3. The molecule has 2 N–H and O–H groups in total. The standard InChI is InChI=1S/C15H30N2O3/c1-7-13-11(5)17(12(6)18)10(4)8-14(13)16-15(19)20-9(2)3/h9-14,18H,7-8H2,1-6H3,(H,16,19)/t10-,11?,12?,13?,14+/m0/s1. The topological polar surface area (TPSA) is 61.8 Å². The molecule has 1 fully saturated rings. The molecule has 5 heteroatoms. The Morgan fingerprint density at radius 1 is 1.40 bits per heavy atom. The summed E-state index contributed by atoms with van der Waals surface area (Å²) in [5.74, 6) is 0.320. The van der Waals surface area contributed by atoms with Crippen LogP contribution in [0.25, 0.3) is 0 Å². The number of hydrogen-bond donors (Lipinski definition) is 2. The number of ether oxygens (including phenoxy) is 1. The molecule has 1 saturated heterocycles. The number of piperidine rings is 1. The molecule has 1 amide bonds. The fourth-order valence-corrected chi connectivity index (χ4v) is 3.52. The third kappa shape index (κ3) is 4.09. The first-order valence-corrected chi connectivity index (χ1v) is 7.70. The van der Waals surface area contributed by atoms with Crippen molar-refractivity contribution in [3.63, 3.8) is 0 Å². The number of amides is 1. The Kier molecular flexibility index (Phi) is 6.27. The van der Waals surface area contributed by atoms with Crippen LogP contribution in [0.4, 0.5) is 4.79 Å². The van der Waals surface area contributed by atoms with Crippen LogP contribution in [0.1, 0.15) is 54.4 Å². The fraction of sp³-hybridized carbons (Fsp3) is 0.933. The van der Waals surface area contributed by atoms with E-state index in [4.69, 9.17) is 4.74 Å². The Labute approximate surface area is 122 Å². The van der Waals surface area contributed by atoms with Crippen LogP contribution in [0.2, 0.25) is 0 Å². The highest BCUT2D eigenvalue weighted by molar-refractivity contribution is 5.67. The molecule has 1 rings (SSSR count). The SMILES string of the molecule is CCC1C(C)N(C(C)O)[C@@H](C)C[C@H]1NC(=O)OC(C)C. The van der Waals surface area contributed by atoms with Gasteiger partial charge in [0.05, 0.1) is 6.10 Å². The van der Waals surface area contributed by atoms with Gasteiger partial charge >= 0.3 is 6.09 Å². The van der Waals surface area contributed by atoms with Crippen molar-refractivity contribution in [2.45, 2.75) is 84.8 Å². The predicted molar refractivity (Wildman–Crippen MR) is 79.4 cm³/mol. The molecule has 0 aromatic rings. The van der Waals surface area contributed by atoms with E-state index in [2.05, 4.69) is 31.0 Å². The van der Waals surface area contributed by atoms with E-state index < -0.39 is 6.23 Å². The van der Waals surface area contributed by atoms with Crippen LogP contribution in [0, 0.1) is 5.92 Å². The number of carbonyl (C=O) groups is 1. The molecule has 0 saturated carbocycles. The van der Waals surface area contributed by atoms with E-state index in [1.807, 2.05) is 13.8 Å². The Morgan fingerprint density at radius 3 is 2.45 bits per heavy atom. The molecule has 1 aliphatic rings. The second-order valence-electron chi connectivity index (χ2n) is 6.18. The molecule has 0 radical (unpaired) electrons. The van der Waals surface area contributed by atoms with Gasteiger partial charge in [-0.1, -0.05) is 6.92 Å². The summed E-state index contributed by atoms with van der Waals surface area (Å²) >= 11 is 0. The summed E-state index contributed by atoms with van der Waals surface area (Å²) in [6.45, 7) is 11.8. The fourth-order valence-electron chi connectivity index (χ4n) is 3.52. The number of nitrogens with zero attached hydrogens (tertiary/aromatic N) is 1. The molecule has 118 valence electrons. The Bertz CT molecular complexity index is 320. The maximum atomic E-state index is 11.8. The zero-order valence-corrected chi connectivity index (χ0v) is 13.6. The third-order valence-corrected chi connectivity index (χ3v) is 4.26. The number of alkyl carbamates (subject to hydrolysis) is 1. The van der Waals surface area contributed by atoms with Gasteiger partial charge in [-0.25, -0.2) is 4.79 Å². The average molecular weight is 286 g/mol. The highest BCUT2D eigenvalue weighted by atomic mass is 16.6. The summed E-state index contributed by atoms with van der Waals surface area (Å²) in [6, 6.07) is 0.566. The highest BCUT2D eigenvalue weighted by Crippen LogP contribution is 2.31. The van der Waals surface area contributed by atoms with E-state index in [-0.39, 0.29) is 30.3 Å². The normalized spacial score (nSPS) is 33.0. The smallest absolute Gasteiger partial charge is 0.407 e. The maximum Gasteiger partial charge on any atom is 0.407 e. The van der Waals surface area contributed by atoms with Gasteiger partial charge in [-0.15, -0.1) is 0 Å². The first kappa shape index (κ1) is 17.2. The third-order valence-electron chi connectivity index (χ3n) is 4.26. The van der Waals surface area contributed by atoms with E-state index in [9.17, 15) is 9.90 Å². The van der Waals surface area contributed by atoms with Crippen molar-refractivity contribution in [2.24, 2.45) is 5.92 Å². The van der Waals surface area contributed by atoms with Gasteiger partial charge in [-0.2, -0.15) is 0 Å². The number of rotatable bonds is 4. The Morgan fingerprint density at radius 2 is 2.00 bits per heavy atom. The second-order valence-corrected chi connectivity index (χ2v) is 6.18. The molecule has 0 aliphatic carbocycles. The predicted octanol–water partition coefficient (Wildman–Crippen LogP) is 2.34. The lowest BCUT2D eigenvalue weighted by Crippen LogP contribution is -2.60. The summed E-state index contributed by atoms with van der Waals surface area (Å²) in [5.41, 5.74) is 0. The molecule has 0 aromatic carbocycles. The maximum absolute atomic E-state index is 11.8. The largest absolute Gasteiger partial charge is 0.447 e. The minimum atomic E-state index is -0.461. The Hall–Kier alpha value is -0.810. The van der Waals surface area contributed by atoms with E-state index in [0.29, 0.717) is 5.92 Å². The van der Waals surface area contributed by atoms with Gasteiger partial charge in [-0.3, -0.25) is 4.90 Å². The summed E-state index contributed by atoms with van der Waals surface area (Å²) < 4.78 is 5.18. The summed E-state index contributed by atoms with van der Waals surface area (Å²) in [7, 11) is 0. The number of aliphatic hydroxyl groups excluding tert-OH is 1. The van der Waals surface area contributed by atoms with E-state index >= 15 is 0 Å². The van der Waals surface area contributed by atoms with Crippen molar-refractivity contribution in [2.75, 3.05) is 0 Å². The Balaban J connectivity index is 2.75. The lowest BCUT2D eigenvalue weighted by molar-refractivity contribution is -0.0806.